The molecule has 0 radical (unpaired) electrons. The van der Waals surface area contributed by atoms with Crippen LogP contribution in [0.25, 0.3) is 5.69 Å². The number of benzene rings is 1. The normalized spacial score (nSPS) is 10.6. The van der Waals surface area contributed by atoms with Crippen LogP contribution in [0, 0.1) is 5.82 Å². The van der Waals surface area contributed by atoms with Gasteiger partial charge in [0.2, 0.25) is 0 Å². The van der Waals surface area contributed by atoms with Crippen LogP contribution in [0.1, 0.15) is 23.2 Å². The maximum Gasteiger partial charge on any atom is 0.276 e. The first-order valence-electron chi connectivity index (χ1n) is 7.46. The minimum Gasteiger partial charge on any atom is -0.490 e. The Balaban J connectivity index is 1.82. The first-order chi connectivity index (χ1) is 11.7. The summed E-state index contributed by atoms with van der Waals surface area (Å²) in [6.07, 6.45) is 3.13. The van der Waals surface area contributed by atoms with Gasteiger partial charge in [0.15, 0.2) is 11.4 Å². The van der Waals surface area contributed by atoms with E-state index in [0.717, 1.165) is 0 Å². The Morgan fingerprint density at radius 1 is 1.33 bits per heavy atom. The Labute approximate surface area is 137 Å². The molecular weight excluding hydrogens is 313 g/mol. The van der Waals surface area contributed by atoms with E-state index in [1.54, 1.807) is 30.5 Å². The highest BCUT2D eigenvalue weighted by molar-refractivity contribution is 5.94. The van der Waals surface area contributed by atoms with Crippen LogP contribution < -0.4 is 10.1 Å². The molecule has 1 N–H and O–H groups in total. The number of aromatic nitrogens is 2. The molecule has 1 aromatic carbocycles. The quantitative estimate of drug-likeness (QED) is 0.755. The minimum absolute atomic E-state index is 0.160. The van der Waals surface area contributed by atoms with Crippen LogP contribution in [0.5, 0.6) is 5.75 Å². The number of rotatable bonds is 6. The van der Waals surface area contributed by atoms with Crippen LogP contribution >= 0.6 is 0 Å². The van der Waals surface area contributed by atoms with E-state index in [9.17, 15) is 9.18 Å². The molecule has 3 aromatic rings. The van der Waals surface area contributed by atoms with Crippen molar-refractivity contribution < 1.29 is 18.3 Å². The van der Waals surface area contributed by atoms with E-state index >= 15 is 0 Å². The van der Waals surface area contributed by atoms with Gasteiger partial charge in [0, 0.05) is 0 Å². The van der Waals surface area contributed by atoms with Crippen molar-refractivity contribution in [2.45, 2.75) is 13.5 Å². The van der Waals surface area contributed by atoms with E-state index in [1.807, 2.05) is 6.92 Å². The SMILES string of the molecule is CCOc1cn(-c2ccc(F)cc2)nc1C(=O)NCc1ccco1. The van der Waals surface area contributed by atoms with Crippen LogP contribution in [0.2, 0.25) is 0 Å². The monoisotopic (exact) mass is 329 g/mol. The molecule has 0 fully saturated rings. The Kier molecular flexibility index (Phi) is 4.60. The molecule has 0 spiro atoms. The number of carbonyl (C=O) groups excluding carboxylic acids is 1. The van der Waals surface area contributed by atoms with Crippen LogP contribution in [0.15, 0.2) is 53.3 Å². The first-order valence-corrected chi connectivity index (χ1v) is 7.46. The van der Waals surface area contributed by atoms with Crippen molar-refractivity contribution >= 4 is 5.91 Å². The van der Waals surface area contributed by atoms with Crippen molar-refractivity contribution in [2.75, 3.05) is 6.61 Å². The number of halogens is 1. The van der Waals surface area contributed by atoms with Crippen LogP contribution in [-0.4, -0.2) is 22.3 Å². The summed E-state index contributed by atoms with van der Waals surface area (Å²) >= 11 is 0. The molecule has 124 valence electrons. The van der Waals surface area contributed by atoms with Gasteiger partial charge in [0.25, 0.3) is 5.91 Å². The van der Waals surface area contributed by atoms with Gasteiger partial charge in [-0.1, -0.05) is 0 Å². The lowest BCUT2D eigenvalue weighted by Crippen LogP contribution is -2.23. The number of nitrogens with zero attached hydrogens (tertiary/aromatic N) is 2. The maximum absolute atomic E-state index is 13.0. The molecule has 2 heterocycles. The van der Waals surface area contributed by atoms with E-state index in [4.69, 9.17) is 9.15 Å². The fraction of sp³-hybridized carbons (Fsp3) is 0.176. The highest BCUT2D eigenvalue weighted by Crippen LogP contribution is 2.20. The highest BCUT2D eigenvalue weighted by atomic mass is 19.1. The molecule has 0 aliphatic heterocycles. The van der Waals surface area contributed by atoms with Crippen molar-refractivity contribution in [3.05, 3.63) is 66.1 Å². The molecule has 0 unspecified atom stereocenters. The summed E-state index contributed by atoms with van der Waals surface area (Å²) in [6.45, 7) is 2.47. The second-order valence-corrected chi connectivity index (χ2v) is 4.96. The second-order valence-electron chi connectivity index (χ2n) is 4.96. The molecule has 3 rings (SSSR count). The Morgan fingerprint density at radius 2 is 2.12 bits per heavy atom. The second kappa shape index (κ2) is 6.99. The van der Waals surface area contributed by atoms with Gasteiger partial charge in [-0.15, -0.1) is 0 Å². The van der Waals surface area contributed by atoms with E-state index in [2.05, 4.69) is 10.4 Å². The van der Waals surface area contributed by atoms with Crippen LogP contribution in [0.3, 0.4) is 0 Å². The standard InChI is InChI=1S/C17H16FN3O3/c1-2-23-15-11-21(13-7-5-12(18)6-8-13)20-16(15)17(22)19-10-14-4-3-9-24-14/h3-9,11H,2,10H2,1H3,(H,19,22). The van der Waals surface area contributed by atoms with E-state index in [1.165, 1.54) is 23.1 Å². The number of nitrogens with one attached hydrogen (secondary N) is 1. The summed E-state index contributed by atoms with van der Waals surface area (Å²) in [4.78, 5) is 12.4. The van der Waals surface area contributed by atoms with Gasteiger partial charge in [-0.3, -0.25) is 4.79 Å². The van der Waals surface area contributed by atoms with Gasteiger partial charge in [-0.2, -0.15) is 5.10 Å². The molecule has 0 saturated heterocycles. The molecule has 6 nitrogen and oxygen atoms in total. The van der Waals surface area contributed by atoms with Crippen LogP contribution in [-0.2, 0) is 6.54 Å². The molecule has 0 saturated carbocycles. The molecular formula is C17H16FN3O3. The molecule has 24 heavy (non-hydrogen) atoms. The summed E-state index contributed by atoms with van der Waals surface area (Å²) in [5.41, 5.74) is 0.787. The Morgan fingerprint density at radius 3 is 2.79 bits per heavy atom. The zero-order chi connectivity index (χ0) is 16.9. The zero-order valence-corrected chi connectivity index (χ0v) is 13.0. The van der Waals surface area contributed by atoms with Crippen molar-refractivity contribution in [3.63, 3.8) is 0 Å². The number of furan rings is 1. The van der Waals surface area contributed by atoms with Gasteiger partial charge >= 0.3 is 0 Å². The average Bonchev–Trinajstić information content (AvgIpc) is 3.23. The summed E-state index contributed by atoms with van der Waals surface area (Å²) in [6, 6.07) is 9.31. The lowest BCUT2D eigenvalue weighted by Gasteiger charge is -2.03. The van der Waals surface area contributed by atoms with Gasteiger partial charge in [0.05, 0.1) is 31.3 Å². The molecule has 2 aromatic heterocycles. The van der Waals surface area contributed by atoms with Gasteiger partial charge in [-0.05, 0) is 43.3 Å². The van der Waals surface area contributed by atoms with Crippen molar-refractivity contribution in [1.82, 2.24) is 15.1 Å². The number of hydrogen-bond acceptors (Lipinski definition) is 4. The minimum atomic E-state index is -0.379. The summed E-state index contributed by atoms with van der Waals surface area (Å²) in [5.74, 6) is 0.279. The van der Waals surface area contributed by atoms with Gasteiger partial charge in [0.1, 0.15) is 11.6 Å². The summed E-state index contributed by atoms with van der Waals surface area (Å²) in [5, 5.41) is 6.98. The number of ether oxygens (including phenoxy) is 1. The van der Waals surface area contributed by atoms with Gasteiger partial charge < -0.3 is 14.5 Å². The smallest absolute Gasteiger partial charge is 0.276 e. The van der Waals surface area contributed by atoms with Crippen molar-refractivity contribution in [1.29, 1.82) is 0 Å². The Hall–Kier alpha value is -3.09. The molecule has 0 aliphatic rings. The number of carbonyl (C=O) groups is 1. The van der Waals surface area contributed by atoms with Gasteiger partial charge in [-0.25, -0.2) is 9.07 Å². The summed E-state index contributed by atoms with van der Waals surface area (Å²) < 4.78 is 25.2. The third-order valence-corrected chi connectivity index (χ3v) is 3.29. The predicted octanol–water partition coefficient (Wildman–Crippen LogP) is 2.93. The molecule has 0 bridgehead atoms. The Bertz CT molecular complexity index is 810. The fourth-order valence-electron chi connectivity index (χ4n) is 2.17. The highest BCUT2D eigenvalue weighted by Gasteiger charge is 2.19. The average molecular weight is 329 g/mol. The number of amides is 1. The maximum atomic E-state index is 13.0. The molecule has 0 aliphatic carbocycles. The number of hydrogen-bond donors (Lipinski definition) is 1. The molecule has 0 atom stereocenters. The van der Waals surface area contributed by atoms with Crippen molar-refractivity contribution in [3.8, 4) is 11.4 Å². The first kappa shape index (κ1) is 15.8. The largest absolute Gasteiger partial charge is 0.490 e. The molecule has 1 amide bonds. The fourth-order valence-corrected chi connectivity index (χ4v) is 2.17. The molecule has 7 heteroatoms. The van der Waals surface area contributed by atoms with Crippen LogP contribution in [0.4, 0.5) is 4.39 Å². The predicted molar refractivity (Wildman–Crippen MR) is 84.6 cm³/mol. The van der Waals surface area contributed by atoms with E-state index < -0.39 is 0 Å². The van der Waals surface area contributed by atoms with E-state index in [-0.39, 0.29) is 24.0 Å². The third-order valence-electron chi connectivity index (χ3n) is 3.29. The lowest BCUT2D eigenvalue weighted by atomic mass is 10.3. The zero-order valence-electron chi connectivity index (χ0n) is 13.0. The topological polar surface area (TPSA) is 69.3 Å². The third kappa shape index (κ3) is 3.45. The summed E-state index contributed by atoms with van der Waals surface area (Å²) in [7, 11) is 0. The van der Waals surface area contributed by atoms with E-state index in [0.29, 0.717) is 23.8 Å². The lowest BCUT2D eigenvalue weighted by molar-refractivity contribution is 0.0939. The van der Waals surface area contributed by atoms with Crippen molar-refractivity contribution in [2.24, 2.45) is 0 Å².